The summed E-state index contributed by atoms with van der Waals surface area (Å²) in [5.74, 6) is 0.743. The lowest BCUT2D eigenvalue weighted by atomic mass is 9.88. The summed E-state index contributed by atoms with van der Waals surface area (Å²) in [6.45, 7) is 3.57. The second-order valence-electron chi connectivity index (χ2n) is 7.15. The van der Waals surface area contributed by atoms with Gasteiger partial charge in [0.05, 0.1) is 12.2 Å². The standard InChI is InChI=1S/C21H24FNO2/c22-18-8-6-17(7-9-18)15-23-12-10-21(11-13-23)14-20(16-24-21)25-19-4-2-1-3-5-19/h1-9,20H,10-16H2/t20-/m1/s1. The van der Waals surface area contributed by atoms with Crippen LogP contribution in [0.5, 0.6) is 5.75 Å². The number of benzene rings is 2. The molecule has 0 amide bonds. The Bertz CT molecular complexity index is 681. The molecule has 2 fully saturated rings. The summed E-state index contributed by atoms with van der Waals surface area (Å²) in [4.78, 5) is 2.42. The molecule has 0 aliphatic carbocycles. The van der Waals surface area contributed by atoms with Gasteiger partial charge in [-0.2, -0.15) is 0 Å². The van der Waals surface area contributed by atoms with E-state index in [1.165, 1.54) is 12.1 Å². The average Bonchev–Trinajstić information content (AvgIpc) is 3.02. The Labute approximate surface area is 148 Å². The van der Waals surface area contributed by atoms with Gasteiger partial charge in [-0.1, -0.05) is 30.3 Å². The molecule has 2 aromatic rings. The van der Waals surface area contributed by atoms with Crippen molar-refractivity contribution in [2.24, 2.45) is 0 Å². The first-order valence-electron chi connectivity index (χ1n) is 9.03. The first-order chi connectivity index (χ1) is 12.2. The zero-order valence-corrected chi connectivity index (χ0v) is 14.4. The summed E-state index contributed by atoms with van der Waals surface area (Å²) in [5.41, 5.74) is 1.13. The van der Waals surface area contributed by atoms with Gasteiger partial charge in [0, 0.05) is 26.1 Å². The average molecular weight is 341 g/mol. The van der Waals surface area contributed by atoms with Crippen molar-refractivity contribution < 1.29 is 13.9 Å². The highest BCUT2D eigenvalue weighted by molar-refractivity contribution is 5.21. The Kier molecular flexibility index (Phi) is 4.73. The molecule has 4 rings (SSSR count). The number of piperidine rings is 1. The molecule has 2 aliphatic heterocycles. The Balaban J connectivity index is 1.29. The van der Waals surface area contributed by atoms with Gasteiger partial charge in [-0.3, -0.25) is 4.90 Å². The van der Waals surface area contributed by atoms with Crippen molar-refractivity contribution in [2.75, 3.05) is 19.7 Å². The van der Waals surface area contributed by atoms with Crippen LogP contribution in [0.25, 0.3) is 0 Å². The molecule has 2 aromatic carbocycles. The van der Waals surface area contributed by atoms with E-state index in [4.69, 9.17) is 9.47 Å². The number of likely N-dealkylation sites (tertiary alicyclic amines) is 1. The summed E-state index contributed by atoms with van der Waals surface area (Å²) in [7, 11) is 0. The molecule has 1 spiro atoms. The van der Waals surface area contributed by atoms with Crippen LogP contribution in [0.4, 0.5) is 4.39 Å². The van der Waals surface area contributed by atoms with Gasteiger partial charge in [0.25, 0.3) is 0 Å². The van der Waals surface area contributed by atoms with Crippen LogP contribution in [0.15, 0.2) is 54.6 Å². The van der Waals surface area contributed by atoms with Crippen LogP contribution in [0.1, 0.15) is 24.8 Å². The number of hydrogen-bond acceptors (Lipinski definition) is 3. The van der Waals surface area contributed by atoms with Crippen LogP contribution in [-0.2, 0) is 11.3 Å². The zero-order chi connectivity index (χ0) is 17.1. The van der Waals surface area contributed by atoms with Crippen LogP contribution in [0.3, 0.4) is 0 Å². The molecule has 0 aromatic heterocycles. The zero-order valence-electron chi connectivity index (χ0n) is 14.4. The summed E-state index contributed by atoms with van der Waals surface area (Å²) < 4.78 is 25.3. The fourth-order valence-electron chi connectivity index (χ4n) is 3.88. The molecule has 0 saturated carbocycles. The molecular formula is C21H24FNO2. The lowest BCUT2D eigenvalue weighted by molar-refractivity contribution is -0.0454. The molecular weight excluding hydrogens is 317 g/mol. The van der Waals surface area contributed by atoms with E-state index in [1.54, 1.807) is 0 Å². The minimum atomic E-state index is -0.176. The highest BCUT2D eigenvalue weighted by atomic mass is 19.1. The van der Waals surface area contributed by atoms with Crippen LogP contribution in [0.2, 0.25) is 0 Å². The third-order valence-electron chi connectivity index (χ3n) is 5.31. The van der Waals surface area contributed by atoms with Crippen molar-refractivity contribution in [3.05, 3.63) is 66.0 Å². The van der Waals surface area contributed by atoms with Crippen LogP contribution < -0.4 is 4.74 Å². The molecule has 3 nitrogen and oxygen atoms in total. The number of rotatable bonds is 4. The lowest BCUT2D eigenvalue weighted by Crippen LogP contribution is -2.44. The van der Waals surface area contributed by atoms with Gasteiger partial charge >= 0.3 is 0 Å². The quantitative estimate of drug-likeness (QED) is 0.838. The van der Waals surface area contributed by atoms with E-state index < -0.39 is 0 Å². The maximum Gasteiger partial charge on any atom is 0.125 e. The second-order valence-corrected chi connectivity index (χ2v) is 7.15. The van der Waals surface area contributed by atoms with Gasteiger partial charge in [0.15, 0.2) is 0 Å². The summed E-state index contributed by atoms with van der Waals surface area (Å²) in [6.07, 6.45) is 3.17. The maximum absolute atomic E-state index is 13.0. The van der Waals surface area contributed by atoms with Crippen LogP contribution >= 0.6 is 0 Å². The Morgan fingerprint density at radius 1 is 1.04 bits per heavy atom. The van der Waals surface area contributed by atoms with Crippen molar-refractivity contribution >= 4 is 0 Å². The normalized spacial score (nSPS) is 23.0. The third-order valence-corrected chi connectivity index (χ3v) is 5.31. The van der Waals surface area contributed by atoms with Crippen LogP contribution in [0, 0.1) is 5.82 Å². The second kappa shape index (κ2) is 7.14. The topological polar surface area (TPSA) is 21.7 Å². The van der Waals surface area contributed by atoms with Gasteiger partial charge in [0.1, 0.15) is 17.7 Å². The van der Waals surface area contributed by atoms with Gasteiger partial charge in [-0.25, -0.2) is 4.39 Å². The molecule has 0 N–H and O–H groups in total. The summed E-state index contributed by atoms with van der Waals surface area (Å²) in [5, 5.41) is 0. The predicted molar refractivity (Wildman–Crippen MR) is 95.1 cm³/mol. The smallest absolute Gasteiger partial charge is 0.125 e. The van der Waals surface area contributed by atoms with Crippen molar-refractivity contribution in [3.8, 4) is 5.75 Å². The molecule has 0 unspecified atom stereocenters. The minimum Gasteiger partial charge on any atom is -0.488 e. The molecule has 1 atom stereocenters. The van der Waals surface area contributed by atoms with E-state index in [-0.39, 0.29) is 17.5 Å². The van der Waals surface area contributed by atoms with Gasteiger partial charge in [-0.15, -0.1) is 0 Å². The molecule has 2 aliphatic rings. The number of ether oxygens (including phenoxy) is 2. The van der Waals surface area contributed by atoms with E-state index in [0.717, 1.165) is 50.2 Å². The molecule has 2 heterocycles. The van der Waals surface area contributed by atoms with Gasteiger partial charge < -0.3 is 9.47 Å². The SMILES string of the molecule is Fc1ccc(CN2CCC3(CC2)C[C@@H](Oc2ccccc2)CO3)cc1. The highest BCUT2D eigenvalue weighted by Gasteiger charge is 2.43. The van der Waals surface area contributed by atoms with Gasteiger partial charge in [-0.05, 0) is 42.7 Å². The Morgan fingerprint density at radius 3 is 2.48 bits per heavy atom. The van der Waals surface area contributed by atoms with Crippen molar-refractivity contribution in [3.63, 3.8) is 0 Å². The fourth-order valence-corrected chi connectivity index (χ4v) is 3.88. The monoisotopic (exact) mass is 341 g/mol. The van der Waals surface area contributed by atoms with Crippen molar-refractivity contribution in [1.82, 2.24) is 4.90 Å². The van der Waals surface area contributed by atoms with E-state index in [1.807, 2.05) is 42.5 Å². The van der Waals surface area contributed by atoms with E-state index in [9.17, 15) is 4.39 Å². The largest absolute Gasteiger partial charge is 0.488 e. The van der Waals surface area contributed by atoms with E-state index >= 15 is 0 Å². The molecule has 132 valence electrons. The first kappa shape index (κ1) is 16.6. The molecule has 4 heteroatoms. The van der Waals surface area contributed by atoms with Crippen molar-refractivity contribution in [2.45, 2.75) is 37.5 Å². The summed E-state index contributed by atoms with van der Waals surface area (Å²) in [6, 6.07) is 16.8. The lowest BCUT2D eigenvalue weighted by Gasteiger charge is -2.38. The number of halogens is 1. The molecule has 2 saturated heterocycles. The number of para-hydroxylation sites is 1. The maximum atomic E-state index is 13.0. The molecule has 25 heavy (non-hydrogen) atoms. The number of nitrogens with zero attached hydrogens (tertiary/aromatic N) is 1. The first-order valence-corrected chi connectivity index (χ1v) is 9.03. The Hall–Kier alpha value is -1.91. The van der Waals surface area contributed by atoms with E-state index in [2.05, 4.69) is 4.90 Å². The minimum absolute atomic E-state index is 0.0290. The Morgan fingerprint density at radius 2 is 1.76 bits per heavy atom. The molecule has 0 radical (unpaired) electrons. The molecule has 0 bridgehead atoms. The predicted octanol–water partition coefficient (Wildman–Crippen LogP) is 4.03. The summed E-state index contributed by atoms with van der Waals surface area (Å²) >= 11 is 0. The number of hydrogen-bond donors (Lipinski definition) is 0. The van der Waals surface area contributed by atoms with Crippen molar-refractivity contribution in [1.29, 1.82) is 0 Å². The third kappa shape index (κ3) is 4.02. The van der Waals surface area contributed by atoms with E-state index in [0.29, 0.717) is 6.61 Å². The fraction of sp³-hybridized carbons (Fsp3) is 0.429. The van der Waals surface area contributed by atoms with Gasteiger partial charge in [0.2, 0.25) is 0 Å². The van der Waals surface area contributed by atoms with Crippen LogP contribution in [-0.4, -0.2) is 36.3 Å². The highest BCUT2D eigenvalue weighted by Crippen LogP contribution is 2.37.